The van der Waals surface area contributed by atoms with Crippen LogP contribution in [0.3, 0.4) is 0 Å². The summed E-state index contributed by atoms with van der Waals surface area (Å²) >= 11 is 0. The first kappa shape index (κ1) is 17.9. The zero-order valence-electron chi connectivity index (χ0n) is 14.3. The van der Waals surface area contributed by atoms with Gasteiger partial charge in [0, 0.05) is 12.1 Å². The Morgan fingerprint density at radius 3 is 2.45 bits per heavy atom. The third kappa shape index (κ3) is 6.55. The van der Waals surface area contributed by atoms with Crippen LogP contribution in [-0.4, -0.2) is 36.0 Å². The summed E-state index contributed by atoms with van der Waals surface area (Å²) in [6.45, 7) is 14.3. The summed E-state index contributed by atoms with van der Waals surface area (Å²) in [5, 5.41) is 13.4. The topological polar surface area (TPSA) is 41.5 Å². The van der Waals surface area contributed by atoms with E-state index in [1.54, 1.807) is 0 Å². The summed E-state index contributed by atoms with van der Waals surface area (Å²) in [6, 6.07) is 0. The smallest absolute Gasteiger partial charge is 0.0898 e. The van der Waals surface area contributed by atoms with Crippen molar-refractivity contribution in [3.05, 3.63) is 0 Å². The number of aliphatic hydroxyl groups is 1. The van der Waals surface area contributed by atoms with E-state index in [1.165, 1.54) is 12.8 Å². The molecule has 1 aliphatic carbocycles. The van der Waals surface area contributed by atoms with Crippen molar-refractivity contribution in [2.24, 2.45) is 17.8 Å². The normalized spacial score (nSPS) is 29.7. The fourth-order valence-electron chi connectivity index (χ4n) is 3.02. The highest BCUT2D eigenvalue weighted by Gasteiger charge is 2.31. The first-order valence-corrected chi connectivity index (χ1v) is 8.23. The molecule has 0 aromatic rings. The molecule has 1 saturated carbocycles. The van der Waals surface area contributed by atoms with Crippen LogP contribution in [0, 0.1) is 17.8 Å². The maximum absolute atomic E-state index is 10.0. The van der Waals surface area contributed by atoms with E-state index in [0.29, 0.717) is 31.1 Å². The van der Waals surface area contributed by atoms with Crippen LogP contribution in [0.15, 0.2) is 0 Å². The van der Waals surface area contributed by atoms with Crippen molar-refractivity contribution in [1.29, 1.82) is 0 Å². The number of rotatable bonds is 6. The second-order valence-corrected chi connectivity index (χ2v) is 7.98. The zero-order valence-corrected chi connectivity index (χ0v) is 14.3. The standard InChI is InChI=1S/C17H35NO2/c1-12(2)15-8-7-13(3)9-16(15)20-11-14(19)10-18-17(4,5)6/h12-16,18-19H,7-11H2,1-6H3/t13-,14+,15+,16+/m1/s1. The van der Waals surface area contributed by atoms with E-state index in [-0.39, 0.29) is 5.54 Å². The second-order valence-electron chi connectivity index (χ2n) is 7.98. The zero-order chi connectivity index (χ0) is 15.3. The number of aliphatic hydroxyl groups excluding tert-OH is 1. The summed E-state index contributed by atoms with van der Waals surface area (Å²) in [7, 11) is 0. The Morgan fingerprint density at radius 1 is 1.25 bits per heavy atom. The summed E-state index contributed by atoms with van der Waals surface area (Å²) < 4.78 is 6.06. The van der Waals surface area contributed by atoms with Gasteiger partial charge >= 0.3 is 0 Å². The average Bonchev–Trinajstić information content (AvgIpc) is 2.32. The number of ether oxygens (including phenoxy) is 1. The second kappa shape index (κ2) is 7.77. The Labute approximate surface area is 125 Å². The maximum atomic E-state index is 10.0. The summed E-state index contributed by atoms with van der Waals surface area (Å²) in [4.78, 5) is 0. The van der Waals surface area contributed by atoms with Gasteiger partial charge in [-0.05, 0) is 51.4 Å². The number of nitrogens with one attached hydrogen (secondary N) is 1. The molecule has 120 valence electrons. The van der Waals surface area contributed by atoms with Crippen LogP contribution in [-0.2, 0) is 4.74 Å². The molecule has 1 fully saturated rings. The molecule has 0 aliphatic heterocycles. The van der Waals surface area contributed by atoms with Crippen LogP contribution in [0.4, 0.5) is 0 Å². The Balaban J connectivity index is 2.37. The average molecular weight is 285 g/mol. The Hall–Kier alpha value is -0.120. The highest BCUT2D eigenvalue weighted by atomic mass is 16.5. The van der Waals surface area contributed by atoms with Gasteiger partial charge in [0.2, 0.25) is 0 Å². The molecule has 3 nitrogen and oxygen atoms in total. The van der Waals surface area contributed by atoms with Gasteiger partial charge in [0.25, 0.3) is 0 Å². The molecule has 0 heterocycles. The number of hydrogen-bond donors (Lipinski definition) is 2. The van der Waals surface area contributed by atoms with E-state index in [2.05, 4.69) is 46.9 Å². The molecule has 0 radical (unpaired) electrons. The van der Waals surface area contributed by atoms with Crippen molar-refractivity contribution >= 4 is 0 Å². The SMILES string of the molecule is CC(C)[C@@H]1CC[C@@H](C)C[C@@H]1OC[C@@H](O)CNC(C)(C)C. The van der Waals surface area contributed by atoms with Crippen LogP contribution in [0.5, 0.6) is 0 Å². The third-order valence-corrected chi connectivity index (χ3v) is 4.33. The molecule has 0 amide bonds. The molecule has 20 heavy (non-hydrogen) atoms. The lowest BCUT2D eigenvalue weighted by atomic mass is 9.75. The van der Waals surface area contributed by atoms with Gasteiger partial charge in [0.1, 0.15) is 0 Å². The molecule has 0 spiro atoms. The molecule has 1 aliphatic rings. The quantitative estimate of drug-likeness (QED) is 0.787. The van der Waals surface area contributed by atoms with Crippen molar-refractivity contribution in [3.8, 4) is 0 Å². The van der Waals surface area contributed by atoms with E-state index in [0.717, 1.165) is 12.3 Å². The molecule has 0 aromatic heterocycles. The van der Waals surface area contributed by atoms with E-state index >= 15 is 0 Å². The van der Waals surface area contributed by atoms with Crippen LogP contribution in [0.1, 0.15) is 60.8 Å². The molecular formula is C17H35NO2. The minimum atomic E-state index is -0.417. The Bertz CT molecular complexity index is 273. The summed E-state index contributed by atoms with van der Waals surface area (Å²) in [5.74, 6) is 2.06. The van der Waals surface area contributed by atoms with Crippen LogP contribution in [0.25, 0.3) is 0 Å². The monoisotopic (exact) mass is 285 g/mol. The first-order chi connectivity index (χ1) is 9.19. The van der Waals surface area contributed by atoms with Gasteiger partial charge in [-0.25, -0.2) is 0 Å². The largest absolute Gasteiger partial charge is 0.389 e. The van der Waals surface area contributed by atoms with Gasteiger partial charge in [0.15, 0.2) is 0 Å². The van der Waals surface area contributed by atoms with Gasteiger partial charge in [-0.3, -0.25) is 0 Å². The van der Waals surface area contributed by atoms with Crippen molar-refractivity contribution < 1.29 is 9.84 Å². The van der Waals surface area contributed by atoms with Gasteiger partial charge in [-0.15, -0.1) is 0 Å². The molecule has 1 rings (SSSR count). The number of β-amino-alcohol motifs (C(OH)–C–C–N with tert-alkyl or cyclic N) is 1. The predicted molar refractivity (Wildman–Crippen MR) is 84.8 cm³/mol. The summed E-state index contributed by atoms with van der Waals surface area (Å²) in [5.41, 5.74) is 0.0425. The van der Waals surface area contributed by atoms with Crippen molar-refractivity contribution in [2.75, 3.05) is 13.2 Å². The predicted octanol–water partition coefficient (Wildman–Crippen LogP) is 3.21. The fourth-order valence-corrected chi connectivity index (χ4v) is 3.02. The fraction of sp³-hybridized carbons (Fsp3) is 1.00. The van der Waals surface area contributed by atoms with E-state index < -0.39 is 6.10 Å². The van der Waals surface area contributed by atoms with Crippen LogP contribution >= 0.6 is 0 Å². The Kier molecular flexibility index (Phi) is 6.96. The highest BCUT2D eigenvalue weighted by molar-refractivity contribution is 4.82. The Morgan fingerprint density at radius 2 is 1.90 bits per heavy atom. The van der Waals surface area contributed by atoms with Crippen LogP contribution in [0.2, 0.25) is 0 Å². The molecule has 0 unspecified atom stereocenters. The van der Waals surface area contributed by atoms with E-state index in [4.69, 9.17) is 4.74 Å². The molecule has 0 saturated heterocycles. The lowest BCUT2D eigenvalue weighted by Gasteiger charge is -2.37. The molecule has 4 atom stereocenters. The van der Waals surface area contributed by atoms with Crippen molar-refractivity contribution in [2.45, 2.75) is 78.6 Å². The minimum absolute atomic E-state index is 0.0425. The van der Waals surface area contributed by atoms with Gasteiger partial charge in [0.05, 0.1) is 18.8 Å². The number of hydrogen-bond acceptors (Lipinski definition) is 3. The first-order valence-electron chi connectivity index (χ1n) is 8.23. The van der Waals surface area contributed by atoms with E-state index in [1.807, 2.05) is 0 Å². The lowest BCUT2D eigenvalue weighted by molar-refractivity contribution is -0.0689. The maximum Gasteiger partial charge on any atom is 0.0898 e. The molecule has 2 N–H and O–H groups in total. The van der Waals surface area contributed by atoms with E-state index in [9.17, 15) is 5.11 Å². The van der Waals surface area contributed by atoms with Crippen LogP contribution < -0.4 is 5.32 Å². The van der Waals surface area contributed by atoms with Gasteiger partial charge < -0.3 is 15.2 Å². The molecular weight excluding hydrogens is 250 g/mol. The van der Waals surface area contributed by atoms with Gasteiger partial charge in [-0.2, -0.15) is 0 Å². The van der Waals surface area contributed by atoms with Crippen molar-refractivity contribution in [3.63, 3.8) is 0 Å². The lowest BCUT2D eigenvalue weighted by Crippen LogP contribution is -2.43. The van der Waals surface area contributed by atoms with Crippen molar-refractivity contribution in [1.82, 2.24) is 5.32 Å². The van der Waals surface area contributed by atoms with Gasteiger partial charge in [-0.1, -0.05) is 27.2 Å². The summed E-state index contributed by atoms with van der Waals surface area (Å²) in [6.07, 6.45) is 3.63. The molecule has 0 aromatic carbocycles. The highest BCUT2D eigenvalue weighted by Crippen LogP contribution is 2.35. The molecule has 0 bridgehead atoms. The molecule has 3 heteroatoms. The minimum Gasteiger partial charge on any atom is -0.389 e. The third-order valence-electron chi connectivity index (χ3n) is 4.33.